The zero-order valence-corrected chi connectivity index (χ0v) is 16.1. The molecule has 1 heterocycles. The fourth-order valence-electron chi connectivity index (χ4n) is 2.83. The Kier molecular flexibility index (Phi) is 6.16. The molecule has 0 saturated heterocycles. The molecule has 148 valence electrons. The number of hydrogen-bond acceptors (Lipinski definition) is 8. The smallest absolute Gasteiger partial charge is 0.263 e. The molecule has 9 nitrogen and oxygen atoms in total. The Bertz CT molecular complexity index is 1140. The number of hydrogen-bond donors (Lipinski definition) is 2. The van der Waals surface area contributed by atoms with Gasteiger partial charge in [0.05, 0.1) is 12.1 Å². The van der Waals surface area contributed by atoms with Crippen LogP contribution in [0.3, 0.4) is 0 Å². The number of nitrogens with zero attached hydrogens (tertiary/aromatic N) is 6. The lowest BCUT2D eigenvalue weighted by Crippen LogP contribution is -2.28. The molecule has 0 aliphatic rings. The number of nitrogen functional groups attached to an aromatic ring is 1. The third kappa shape index (κ3) is 4.16. The number of rotatable bonds is 7. The van der Waals surface area contributed by atoms with Gasteiger partial charge in [-0.2, -0.15) is 15.6 Å². The first kappa shape index (κ1) is 20.2. The SMILES string of the molecule is Cc1nnc(N/N=C(/C(=O)C(C#N)c2ccccc2)C(C#N)c2ccccc2)n1N. The molecule has 30 heavy (non-hydrogen) atoms. The van der Waals surface area contributed by atoms with Crippen LogP contribution in [0.4, 0.5) is 5.95 Å². The molecule has 2 aromatic carbocycles. The number of Topliss-reactive ketones (excluding diaryl/α,β-unsaturated/α-hetero) is 1. The van der Waals surface area contributed by atoms with Gasteiger partial charge in [0, 0.05) is 0 Å². The van der Waals surface area contributed by atoms with Crippen molar-refractivity contribution >= 4 is 17.4 Å². The zero-order valence-electron chi connectivity index (χ0n) is 16.1. The van der Waals surface area contributed by atoms with Crippen molar-refractivity contribution in [1.82, 2.24) is 14.9 Å². The van der Waals surface area contributed by atoms with Crippen LogP contribution in [0.2, 0.25) is 0 Å². The Morgan fingerprint density at radius 2 is 1.53 bits per heavy atom. The number of nitrogens with one attached hydrogen (secondary N) is 1. The van der Waals surface area contributed by atoms with Gasteiger partial charge >= 0.3 is 0 Å². The van der Waals surface area contributed by atoms with Gasteiger partial charge in [0.2, 0.25) is 5.78 Å². The highest BCUT2D eigenvalue weighted by Gasteiger charge is 2.32. The van der Waals surface area contributed by atoms with Crippen LogP contribution in [-0.2, 0) is 4.79 Å². The zero-order chi connectivity index (χ0) is 21.5. The van der Waals surface area contributed by atoms with Gasteiger partial charge in [0.25, 0.3) is 5.95 Å². The van der Waals surface area contributed by atoms with Crippen molar-refractivity contribution in [1.29, 1.82) is 10.5 Å². The number of carbonyl (C=O) groups is 1. The van der Waals surface area contributed by atoms with Gasteiger partial charge in [0.1, 0.15) is 17.5 Å². The van der Waals surface area contributed by atoms with E-state index in [1.807, 2.05) is 6.07 Å². The highest BCUT2D eigenvalue weighted by atomic mass is 16.1. The summed E-state index contributed by atoms with van der Waals surface area (Å²) in [6.07, 6.45) is 0. The number of hydrazone groups is 1. The molecule has 0 amide bonds. The van der Waals surface area contributed by atoms with Crippen LogP contribution in [0.15, 0.2) is 65.8 Å². The molecular weight excluding hydrogens is 380 g/mol. The minimum absolute atomic E-state index is 0.0933. The number of nitriles is 2. The van der Waals surface area contributed by atoms with E-state index < -0.39 is 17.6 Å². The maximum Gasteiger partial charge on any atom is 0.263 e. The summed E-state index contributed by atoms with van der Waals surface area (Å²) in [6.45, 7) is 1.65. The van der Waals surface area contributed by atoms with Crippen molar-refractivity contribution in [3.05, 3.63) is 77.6 Å². The van der Waals surface area contributed by atoms with Gasteiger partial charge < -0.3 is 5.84 Å². The summed E-state index contributed by atoms with van der Waals surface area (Å²) in [6, 6.07) is 21.5. The Morgan fingerprint density at radius 1 is 1.00 bits per heavy atom. The summed E-state index contributed by atoms with van der Waals surface area (Å²) in [4.78, 5) is 13.3. The first-order valence-corrected chi connectivity index (χ1v) is 9.00. The van der Waals surface area contributed by atoms with E-state index >= 15 is 0 Å². The summed E-state index contributed by atoms with van der Waals surface area (Å²) in [5.74, 6) is 3.63. The van der Waals surface area contributed by atoms with E-state index in [-0.39, 0.29) is 11.7 Å². The van der Waals surface area contributed by atoms with Crippen molar-refractivity contribution in [3.63, 3.8) is 0 Å². The van der Waals surface area contributed by atoms with Gasteiger partial charge in [-0.05, 0) is 18.1 Å². The summed E-state index contributed by atoms with van der Waals surface area (Å²) < 4.78 is 1.16. The normalized spacial score (nSPS) is 13.0. The monoisotopic (exact) mass is 398 g/mol. The van der Waals surface area contributed by atoms with Crippen molar-refractivity contribution in [2.45, 2.75) is 18.8 Å². The maximum absolute atomic E-state index is 13.3. The minimum atomic E-state index is -1.12. The largest absolute Gasteiger partial charge is 0.335 e. The van der Waals surface area contributed by atoms with Crippen LogP contribution < -0.4 is 11.3 Å². The molecule has 3 aromatic rings. The van der Waals surface area contributed by atoms with Crippen LogP contribution in [0.5, 0.6) is 0 Å². The highest BCUT2D eigenvalue weighted by molar-refractivity contribution is 6.45. The molecule has 9 heteroatoms. The second-order valence-corrected chi connectivity index (χ2v) is 6.36. The molecule has 0 fully saturated rings. The third-order valence-electron chi connectivity index (χ3n) is 4.45. The molecule has 0 radical (unpaired) electrons. The standard InChI is InChI=1S/C21H18N8O/c1-14-25-27-21(29(14)24)28-26-19(17(12-22)15-8-4-2-5-9-15)20(30)18(13-23)16-10-6-3-7-11-16/h2-11,17-18H,24H2,1H3,(H,27,28)/b26-19+. The summed E-state index contributed by atoms with van der Waals surface area (Å²) in [5.41, 5.74) is 3.56. The molecule has 0 bridgehead atoms. The first-order valence-electron chi connectivity index (χ1n) is 9.00. The number of nitrogens with two attached hydrogens (primary N) is 1. The molecule has 0 aliphatic heterocycles. The second kappa shape index (κ2) is 9.13. The Morgan fingerprint density at radius 3 is 2.00 bits per heavy atom. The third-order valence-corrected chi connectivity index (χ3v) is 4.45. The van der Waals surface area contributed by atoms with Crippen LogP contribution in [0.25, 0.3) is 0 Å². The van der Waals surface area contributed by atoms with E-state index in [9.17, 15) is 15.3 Å². The van der Waals surface area contributed by atoms with E-state index in [1.165, 1.54) is 0 Å². The molecule has 3 rings (SSSR count). The lowest BCUT2D eigenvalue weighted by molar-refractivity contribution is -0.113. The molecule has 0 aliphatic carbocycles. The molecule has 0 spiro atoms. The first-order chi connectivity index (χ1) is 14.6. The Balaban J connectivity index is 2.05. The van der Waals surface area contributed by atoms with Gasteiger partial charge in [-0.1, -0.05) is 60.7 Å². The predicted octanol–water partition coefficient (Wildman–Crippen LogP) is 2.25. The van der Waals surface area contributed by atoms with Gasteiger partial charge in [-0.15, -0.1) is 10.2 Å². The average molecular weight is 398 g/mol. The number of aromatic nitrogens is 3. The second-order valence-electron chi connectivity index (χ2n) is 6.36. The highest BCUT2D eigenvalue weighted by Crippen LogP contribution is 2.24. The fraction of sp³-hybridized carbons (Fsp3) is 0.143. The lowest BCUT2D eigenvalue weighted by atomic mass is 9.86. The van der Waals surface area contributed by atoms with E-state index in [1.54, 1.807) is 67.6 Å². The number of benzene rings is 2. The van der Waals surface area contributed by atoms with Crippen LogP contribution in [0.1, 0.15) is 28.8 Å². The number of carbonyl (C=O) groups excluding carboxylic acids is 1. The van der Waals surface area contributed by atoms with E-state index in [0.29, 0.717) is 17.0 Å². The summed E-state index contributed by atoms with van der Waals surface area (Å²) in [5, 5.41) is 31.3. The summed E-state index contributed by atoms with van der Waals surface area (Å²) >= 11 is 0. The molecule has 2 atom stereocenters. The Hall–Kier alpha value is -4.50. The molecule has 2 unspecified atom stereocenters. The van der Waals surface area contributed by atoms with E-state index in [0.717, 1.165) is 4.68 Å². The quantitative estimate of drug-likeness (QED) is 0.352. The van der Waals surface area contributed by atoms with Crippen LogP contribution in [0, 0.1) is 29.6 Å². The average Bonchev–Trinajstić information content (AvgIpc) is 3.10. The molecule has 1 aromatic heterocycles. The van der Waals surface area contributed by atoms with Crippen molar-refractivity contribution in [2.75, 3.05) is 11.3 Å². The molecule has 3 N–H and O–H groups in total. The van der Waals surface area contributed by atoms with E-state index in [4.69, 9.17) is 5.84 Å². The van der Waals surface area contributed by atoms with Gasteiger partial charge in [-0.3, -0.25) is 4.79 Å². The molecule has 0 saturated carbocycles. The van der Waals surface area contributed by atoms with Crippen LogP contribution in [-0.4, -0.2) is 26.4 Å². The van der Waals surface area contributed by atoms with Crippen molar-refractivity contribution < 1.29 is 4.79 Å². The van der Waals surface area contributed by atoms with Crippen molar-refractivity contribution in [2.24, 2.45) is 5.10 Å². The summed E-state index contributed by atoms with van der Waals surface area (Å²) in [7, 11) is 0. The Labute approximate surface area is 173 Å². The number of aryl methyl sites for hydroxylation is 1. The lowest BCUT2D eigenvalue weighted by Gasteiger charge is -2.15. The number of anilines is 1. The van der Waals surface area contributed by atoms with Crippen LogP contribution >= 0.6 is 0 Å². The minimum Gasteiger partial charge on any atom is -0.335 e. The predicted molar refractivity (Wildman–Crippen MR) is 111 cm³/mol. The maximum atomic E-state index is 13.3. The van der Waals surface area contributed by atoms with Gasteiger partial charge in [0.15, 0.2) is 5.82 Å². The van der Waals surface area contributed by atoms with E-state index in [2.05, 4.69) is 26.8 Å². The van der Waals surface area contributed by atoms with Gasteiger partial charge in [-0.25, -0.2) is 10.1 Å². The van der Waals surface area contributed by atoms with Crippen molar-refractivity contribution in [3.8, 4) is 12.1 Å². The number of ketones is 1. The topological polar surface area (TPSA) is 146 Å². The fourth-order valence-corrected chi connectivity index (χ4v) is 2.83. The molecular formula is C21H18N8O.